The predicted octanol–water partition coefficient (Wildman–Crippen LogP) is 2.00. The smallest absolute Gasteiger partial charge is 0.191 e. The van der Waals surface area contributed by atoms with E-state index in [-0.39, 0.29) is 23.0 Å². The molecule has 0 bridgehead atoms. The Balaban J connectivity index is 1.96. The molecule has 24 heavy (non-hydrogen) atoms. The fourth-order valence-corrected chi connectivity index (χ4v) is 4.59. The van der Waals surface area contributed by atoms with Gasteiger partial charge in [0.1, 0.15) is 0 Å². The van der Waals surface area contributed by atoms with Crippen LogP contribution in [0.2, 0.25) is 0 Å². The van der Waals surface area contributed by atoms with Crippen molar-refractivity contribution < 1.29 is 8.42 Å². The average molecular weight is 352 g/mol. The summed E-state index contributed by atoms with van der Waals surface area (Å²) in [4.78, 5) is 4.69. The number of aliphatic imine (C=N–C) groups is 1. The molecular weight excluding hydrogens is 322 g/mol. The number of guanidine groups is 1. The van der Waals surface area contributed by atoms with Crippen LogP contribution >= 0.6 is 0 Å². The normalized spacial score (nSPS) is 20.8. The molecule has 1 aliphatic rings. The Bertz CT molecular complexity index is 654. The quantitative estimate of drug-likeness (QED) is 0.607. The van der Waals surface area contributed by atoms with Crippen LogP contribution in [0.4, 0.5) is 0 Å². The summed E-state index contributed by atoms with van der Waals surface area (Å²) in [6.45, 7) is 7.85. The molecule has 2 rings (SSSR count). The highest BCUT2D eigenvalue weighted by molar-refractivity contribution is 7.91. The molecule has 5 nitrogen and oxygen atoms in total. The van der Waals surface area contributed by atoms with E-state index in [1.807, 2.05) is 13.0 Å². The molecule has 1 saturated heterocycles. The number of sulfone groups is 1. The molecule has 0 aromatic heterocycles. The third kappa shape index (κ3) is 6.15. The Morgan fingerprint density at radius 3 is 2.58 bits per heavy atom. The molecule has 0 aliphatic carbocycles. The molecule has 1 aromatic carbocycles. The number of hydrogen-bond donors (Lipinski definition) is 2. The van der Waals surface area contributed by atoms with Gasteiger partial charge in [0.05, 0.1) is 11.5 Å². The maximum absolute atomic E-state index is 11.6. The van der Waals surface area contributed by atoms with Crippen molar-refractivity contribution in [3.05, 3.63) is 35.9 Å². The second-order valence-electron chi connectivity index (χ2n) is 7.27. The Labute approximate surface area is 145 Å². The van der Waals surface area contributed by atoms with Crippen molar-refractivity contribution in [1.29, 1.82) is 0 Å². The van der Waals surface area contributed by atoms with Gasteiger partial charge in [-0.2, -0.15) is 0 Å². The van der Waals surface area contributed by atoms with Crippen molar-refractivity contribution in [2.24, 2.45) is 10.4 Å². The van der Waals surface area contributed by atoms with Gasteiger partial charge in [-0.3, -0.25) is 4.99 Å². The number of benzene rings is 1. The molecule has 1 heterocycles. The lowest BCUT2D eigenvalue weighted by molar-refractivity contribution is 0.376. The molecule has 2 N–H and O–H groups in total. The highest BCUT2D eigenvalue weighted by atomic mass is 32.2. The maximum Gasteiger partial charge on any atom is 0.191 e. The van der Waals surface area contributed by atoms with Crippen LogP contribution in [0.25, 0.3) is 0 Å². The zero-order valence-corrected chi connectivity index (χ0v) is 15.7. The first kappa shape index (κ1) is 18.8. The minimum atomic E-state index is -2.89. The van der Waals surface area contributed by atoms with Crippen LogP contribution in [0.3, 0.4) is 0 Å². The topological polar surface area (TPSA) is 70.6 Å². The Morgan fingerprint density at radius 1 is 1.29 bits per heavy atom. The fraction of sp³-hybridized carbons (Fsp3) is 0.611. The summed E-state index contributed by atoms with van der Waals surface area (Å²) in [7, 11) is -2.89. The van der Waals surface area contributed by atoms with Gasteiger partial charge in [-0.25, -0.2) is 8.42 Å². The standard InChI is InChI=1S/C18H29N3O2S/c1-4-19-17(21-16-10-11-24(22,23)13-16)20-14-18(2,3)12-15-8-6-5-7-9-15/h5-9,16H,4,10-14H2,1-3H3,(H2,19,20,21). The molecule has 1 aliphatic heterocycles. The van der Waals surface area contributed by atoms with Crippen LogP contribution in [0, 0.1) is 5.41 Å². The summed E-state index contributed by atoms with van der Waals surface area (Å²) in [5.41, 5.74) is 1.34. The minimum absolute atomic E-state index is 0.0332. The van der Waals surface area contributed by atoms with Crippen molar-refractivity contribution >= 4 is 15.8 Å². The van der Waals surface area contributed by atoms with E-state index >= 15 is 0 Å². The first-order chi connectivity index (χ1) is 11.3. The third-order valence-corrected chi connectivity index (χ3v) is 5.88. The first-order valence-electron chi connectivity index (χ1n) is 8.59. The van der Waals surface area contributed by atoms with E-state index in [9.17, 15) is 8.42 Å². The molecule has 0 saturated carbocycles. The van der Waals surface area contributed by atoms with E-state index in [1.165, 1.54) is 5.56 Å². The molecule has 1 atom stereocenters. The van der Waals surface area contributed by atoms with E-state index in [4.69, 9.17) is 4.99 Å². The molecule has 0 spiro atoms. The first-order valence-corrected chi connectivity index (χ1v) is 10.4. The molecule has 0 radical (unpaired) electrons. The minimum Gasteiger partial charge on any atom is -0.357 e. The van der Waals surface area contributed by atoms with E-state index in [0.717, 1.165) is 13.0 Å². The van der Waals surface area contributed by atoms with E-state index in [2.05, 4.69) is 48.7 Å². The number of rotatable bonds is 6. The van der Waals surface area contributed by atoms with Gasteiger partial charge in [0.2, 0.25) is 0 Å². The SMILES string of the molecule is CCNC(=NCC(C)(C)Cc1ccccc1)NC1CCS(=O)(=O)C1. The van der Waals surface area contributed by atoms with E-state index in [1.54, 1.807) is 0 Å². The number of nitrogens with one attached hydrogen (secondary N) is 2. The summed E-state index contributed by atoms with van der Waals surface area (Å²) in [5.74, 6) is 1.18. The van der Waals surface area contributed by atoms with Gasteiger partial charge in [0.25, 0.3) is 0 Å². The summed E-state index contributed by atoms with van der Waals surface area (Å²) in [6.07, 6.45) is 1.61. The van der Waals surface area contributed by atoms with Gasteiger partial charge in [-0.1, -0.05) is 44.2 Å². The zero-order valence-electron chi connectivity index (χ0n) is 14.9. The van der Waals surface area contributed by atoms with Gasteiger partial charge in [-0.05, 0) is 30.7 Å². The van der Waals surface area contributed by atoms with Crippen molar-refractivity contribution in [1.82, 2.24) is 10.6 Å². The number of nitrogens with zero attached hydrogens (tertiary/aromatic N) is 1. The molecule has 6 heteroatoms. The Kier molecular flexibility index (Phi) is 6.27. The average Bonchev–Trinajstić information content (AvgIpc) is 2.85. The monoisotopic (exact) mass is 351 g/mol. The van der Waals surface area contributed by atoms with Crippen LogP contribution < -0.4 is 10.6 Å². The van der Waals surface area contributed by atoms with Gasteiger partial charge in [-0.15, -0.1) is 0 Å². The Morgan fingerprint density at radius 2 is 2.00 bits per heavy atom. The molecule has 1 aromatic rings. The molecule has 0 amide bonds. The van der Waals surface area contributed by atoms with Crippen molar-refractivity contribution in [2.75, 3.05) is 24.6 Å². The van der Waals surface area contributed by atoms with Gasteiger partial charge >= 0.3 is 0 Å². The largest absolute Gasteiger partial charge is 0.357 e. The lowest BCUT2D eigenvalue weighted by Gasteiger charge is -2.24. The van der Waals surface area contributed by atoms with Gasteiger partial charge < -0.3 is 10.6 Å². The van der Waals surface area contributed by atoms with E-state index < -0.39 is 9.84 Å². The Hall–Kier alpha value is -1.56. The number of hydrogen-bond acceptors (Lipinski definition) is 3. The van der Waals surface area contributed by atoms with Gasteiger partial charge in [0.15, 0.2) is 15.8 Å². The van der Waals surface area contributed by atoms with Crippen LogP contribution in [0.1, 0.15) is 32.8 Å². The maximum atomic E-state index is 11.6. The van der Waals surface area contributed by atoms with Crippen LogP contribution in [0.5, 0.6) is 0 Å². The van der Waals surface area contributed by atoms with E-state index in [0.29, 0.717) is 18.9 Å². The molecular formula is C18H29N3O2S. The van der Waals surface area contributed by atoms with Crippen LogP contribution in [0.15, 0.2) is 35.3 Å². The fourth-order valence-electron chi connectivity index (χ4n) is 2.92. The molecule has 1 fully saturated rings. The summed E-state index contributed by atoms with van der Waals surface area (Å²) < 4.78 is 23.2. The zero-order chi connectivity index (χ0) is 17.6. The summed E-state index contributed by atoms with van der Waals surface area (Å²) in [6, 6.07) is 10.4. The summed E-state index contributed by atoms with van der Waals surface area (Å²) in [5, 5.41) is 6.49. The predicted molar refractivity (Wildman–Crippen MR) is 100 cm³/mol. The van der Waals surface area contributed by atoms with Crippen LogP contribution in [-0.2, 0) is 16.3 Å². The van der Waals surface area contributed by atoms with Gasteiger partial charge in [0, 0.05) is 19.1 Å². The van der Waals surface area contributed by atoms with Crippen molar-refractivity contribution in [3.8, 4) is 0 Å². The lowest BCUT2D eigenvalue weighted by Crippen LogP contribution is -2.44. The highest BCUT2D eigenvalue weighted by Gasteiger charge is 2.28. The van der Waals surface area contributed by atoms with Crippen LogP contribution in [-0.4, -0.2) is 45.0 Å². The lowest BCUT2D eigenvalue weighted by atomic mass is 9.86. The molecule has 134 valence electrons. The highest BCUT2D eigenvalue weighted by Crippen LogP contribution is 2.22. The van der Waals surface area contributed by atoms with Crippen molar-refractivity contribution in [2.45, 2.75) is 39.7 Å². The molecule has 1 unspecified atom stereocenters. The second kappa shape index (κ2) is 8.01. The van der Waals surface area contributed by atoms with Crippen molar-refractivity contribution in [3.63, 3.8) is 0 Å². The second-order valence-corrected chi connectivity index (χ2v) is 9.49. The summed E-state index contributed by atoms with van der Waals surface area (Å²) >= 11 is 0. The third-order valence-electron chi connectivity index (χ3n) is 4.11.